The van der Waals surface area contributed by atoms with Crippen molar-refractivity contribution in [3.8, 4) is 6.07 Å². The lowest BCUT2D eigenvalue weighted by Crippen LogP contribution is -2.44. The molecule has 0 aromatic carbocycles. The Kier molecular flexibility index (Phi) is 6.08. The predicted molar refractivity (Wildman–Crippen MR) is 118 cm³/mol. The van der Waals surface area contributed by atoms with E-state index in [-0.39, 0.29) is 12.1 Å². The van der Waals surface area contributed by atoms with Gasteiger partial charge in [0, 0.05) is 31.2 Å². The van der Waals surface area contributed by atoms with Crippen LogP contribution in [0, 0.1) is 11.3 Å². The van der Waals surface area contributed by atoms with Crippen LogP contribution in [0.5, 0.6) is 0 Å². The summed E-state index contributed by atoms with van der Waals surface area (Å²) in [6.07, 6.45) is 7.01. The van der Waals surface area contributed by atoms with Gasteiger partial charge in [-0.05, 0) is 40.0 Å². The second kappa shape index (κ2) is 8.94. The van der Waals surface area contributed by atoms with Crippen LogP contribution < -0.4 is 10.2 Å². The number of amides is 1. The van der Waals surface area contributed by atoms with Crippen molar-refractivity contribution in [3.05, 3.63) is 35.5 Å². The van der Waals surface area contributed by atoms with Gasteiger partial charge in [-0.3, -0.25) is 0 Å². The number of piperidine rings is 1. The molecule has 2 aliphatic heterocycles. The van der Waals surface area contributed by atoms with E-state index in [0.29, 0.717) is 31.0 Å². The second-order valence-electron chi connectivity index (χ2n) is 9.11. The smallest absolute Gasteiger partial charge is 0.410 e. The largest absolute Gasteiger partial charge is 0.444 e. The van der Waals surface area contributed by atoms with Gasteiger partial charge in [0.05, 0.1) is 30.2 Å². The summed E-state index contributed by atoms with van der Waals surface area (Å²) in [6, 6.07) is 2.20. The van der Waals surface area contributed by atoms with Gasteiger partial charge in [-0.25, -0.2) is 24.7 Å². The van der Waals surface area contributed by atoms with Crippen molar-refractivity contribution >= 4 is 17.9 Å². The molecule has 0 bridgehead atoms. The molecule has 1 atom stereocenters. The molecule has 1 amide bonds. The molecule has 168 valence electrons. The number of ether oxygens (including phenoxy) is 1. The van der Waals surface area contributed by atoms with Crippen molar-refractivity contribution in [2.24, 2.45) is 0 Å². The fraction of sp³-hybridized carbons (Fsp3) is 0.545. The summed E-state index contributed by atoms with van der Waals surface area (Å²) in [5, 5.41) is 12.3. The zero-order valence-corrected chi connectivity index (χ0v) is 18.7. The lowest BCUT2D eigenvalue weighted by atomic mass is 10.0. The Morgan fingerprint density at radius 1 is 1.22 bits per heavy atom. The van der Waals surface area contributed by atoms with Crippen LogP contribution in [-0.4, -0.2) is 62.2 Å². The Morgan fingerprint density at radius 3 is 2.72 bits per heavy atom. The first-order valence-electron chi connectivity index (χ1n) is 10.9. The molecule has 10 heteroatoms. The molecule has 0 saturated carbocycles. The average molecular weight is 437 g/mol. The van der Waals surface area contributed by atoms with Crippen molar-refractivity contribution in [2.45, 2.75) is 58.2 Å². The van der Waals surface area contributed by atoms with Gasteiger partial charge in [0.1, 0.15) is 23.8 Å². The lowest BCUT2D eigenvalue weighted by molar-refractivity contribution is 0.0220. The van der Waals surface area contributed by atoms with E-state index in [2.05, 4.69) is 30.2 Å². The fourth-order valence-corrected chi connectivity index (χ4v) is 4.02. The summed E-state index contributed by atoms with van der Waals surface area (Å²) < 4.78 is 5.52. The van der Waals surface area contributed by atoms with Crippen molar-refractivity contribution in [2.75, 3.05) is 29.9 Å². The highest BCUT2D eigenvalue weighted by Gasteiger charge is 2.30. The van der Waals surface area contributed by atoms with Gasteiger partial charge in [-0.15, -0.1) is 0 Å². The zero-order valence-electron chi connectivity index (χ0n) is 18.7. The standard InChI is InChI=1S/C22H28N8O2/c1-22(2,3)32-21(31)30-8-6-17-18(13-30)26-14-27-19(17)29-7-4-5-16(12-29)28-20-24-10-15(9-23)11-25-20/h10-11,14,16H,4-8,12-13H2,1-3H3,(H,24,25,28)/t16-/m1/s1. The van der Waals surface area contributed by atoms with E-state index in [0.717, 1.165) is 43.0 Å². The highest BCUT2D eigenvalue weighted by Crippen LogP contribution is 2.28. The SMILES string of the molecule is CC(C)(C)OC(=O)N1CCc2c(ncnc2N2CCC[C@@H](Nc3ncc(C#N)cn3)C2)C1. The third-order valence-corrected chi connectivity index (χ3v) is 5.47. The Hall–Kier alpha value is -3.48. The molecule has 2 aromatic heterocycles. The molecule has 4 rings (SSSR count). The number of fused-ring (bicyclic) bond motifs is 1. The molecule has 0 spiro atoms. The number of nitriles is 1. The van der Waals surface area contributed by atoms with Gasteiger partial charge >= 0.3 is 6.09 Å². The predicted octanol–water partition coefficient (Wildman–Crippen LogP) is 2.51. The van der Waals surface area contributed by atoms with Gasteiger partial charge in [-0.2, -0.15) is 5.26 Å². The number of rotatable bonds is 3. The van der Waals surface area contributed by atoms with Gasteiger partial charge in [0.15, 0.2) is 0 Å². The molecule has 0 unspecified atom stereocenters. The summed E-state index contributed by atoms with van der Waals surface area (Å²) in [5.74, 6) is 1.46. The van der Waals surface area contributed by atoms with Crippen LogP contribution in [0.2, 0.25) is 0 Å². The maximum absolute atomic E-state index is 12.5. The first kappa shape index (κ1) is 21.7. The molecular weight excluding hydrogens is 408 g/mol. The van der Waals surface area contributed by atoms with E-state index in [9.17, 15) is 4.79 Å². The van der Waals surface area contributed by atoms with E-state index in [1.54, 1.807) is 11.2 Å². The number of anilines is 2. The van der Waals surface area contributed by atoms with Gasteiger partial charge in [-0.1, -0.05) is 0 Å². The van der Waals surface area contributed by atoms with Gasteiger partial charge in [0.25, 0.3) is 0 Å². The second-order valence-corrected chi connectivity index (χ2v) is 9.11. The molecule has 4 heterocycles. The van der Waals surface area contributed by atoms with Crippen LogP contribution >= 0.6 is 0 Å². The topological polar surface area (TPSA) is 120 Å². The number of hydrogen-bond acceptors (Lipinski definition) is 9. The quantitative estimate of drug-likeness (QED) is 0.773. The molecule has 1 saturated heterocycles. The normalized spacial score (nSPS) is 18.5. The molecule has 1 fully saturated rings. The summed E-state index contributed by atoms with van der Waals surface area (Å²) in [4.78, 5) is 34.0. The molecular formula is C22H28N8O2. The number of carbonyl (C=O) groups excluding carboxylic acids is 1. The number of nitrogens with one attached hydrogen (secondary N) is 1. The number of hydrogen-bond donors (Lipinski definition) is 1. The first-order valence-corrected chi connectivity index (χ1v) is 10.9. The number of aromatic nitrogens is 4. The summed E-state index contributed by atoms with van der Waals surface area (Å²) in [7, 11) is 0. The van der Waals surface area contributed by atoms with Crippen LogP contribution in [0.1, 0.15) is 50.4 Å². The molecule has 2 aliphatic rings. The van der Waals surface area contributed by atoms with E-state index < -0.39 is 5.60 Å². The van der Waals surface area contributed by atoms with Crippen LogP contribution in [0.25, 0.3) is 0 Å². The Balaban J connectivity index is 1.45. The minimum Gasteiger partial charge on any atom is -0.444 e. The van der Waals surface area contributed by atoms with Crippen molar-refractivity contribution in [1.29, 1.82) is 5.26 Å². The molecule has 0 aliphatic carbocycles. The maximum atomic E-state index is 12.5. The van der Waals surface area contributed by atoms with E-state index in [4.69, 9.17) is 10.00 Å². The fourth-order valence-electron chi connectivity index (χ4n) is 4.02. The molecule has 32 heavy (non-hydrogen) atoms. The third-order valence-electron chi connectivity index (χ3n) is 5.47. The van der Waals surface area contributed by atoms with Crippen LogP contribution in [0.15, 0.2) is 18.7 Å². The Labute approximate surface area is 187 Å². The lowest BCUT2D eigenvalue weighted by Gasteiger charge is -2.37. The third kappa shape index (κ3) is 5.04. The molecule has 10 nitrogen and oxygen atoms in total. The van der Waals surface area contributed by atoms with Crippen molar-refractivity contribution in [1.82, 2.24) is 24.8 Å². The molecule has 0 radical (unpaired) electrons. The Bertz CT molecular complexity index is 1010. The van der Waals surface area contributed by atoms with Gasteiger partial charge in [0.2, 0.25) is 5.95 Å². The summed E-state index contributed by atoms with van der Waals surface area (Å²) in [6.45, 7) is 8.28. The van der Waals surface area contributed by atoms with E-state index in [1.165, 1.54) is 12.4 Å². The highest BCUT2D eigenvalue weighted by atomic mass is 16.6. The summed E-state index contributed by atoms with van der Waals surface area (Å²) >= 11 is 0. The van der Waals surface area contributed by atoms with Crippen molar-refractivity contribution in [3.63, 3.8) is 0 Å². The number of nitrogens with zero attached hydrogens (tertiary/aromatic N) is 7. The van der Waals surface area contributed by atoms with Crippen molar-refractivity contribution < 1.29 is 9.53 Å². The zero-order chi connectivity index (χ0) is 22.7. The van der Waals surface area contributed by atoms with Gasteiger partial charge < -0.3 is 19.9 Å². The van der Waals surface area contributed by atoms with Crippen LogP contribution in [0.3, 0.4) is 0 Å². The Morgan fingerprint density at radius 2 is 2.00 bits per heavy atom. The van der Waals surface area contributed by atoms with Crippen LogP contribution in [-0.2, 0) is 17.7 Å². The molecule has 1 N–H and O–H groups in total. The minimum atomic E-state index is -0.525. The van der Waals surface area contributed by atoms with E-state index in [1.807, 2.05) is 26.8 Å². The highest BCUT2D eigenvalue weighted by molar-refractivity contribution is 5.69. The minimum absolute atomic E-state index is 0.171. The van der Waals surface area contributed by atoms with Crippen LogP contribution in [0.4, 0.5) is 16.6 Å². The maximum Gasteiger partial charge on any atom is 0.410 e. The first-order chi connectivity index (χ1) is 15.3. The summed E-state index contributed by atoms with van der Waals surface area (Å²) in [5.41, 5.74) is 1.89. The molecule has 2 aromatic rings. The monoisotopic (exact) mass is 436 g/mol. The average Bonchev–Trinajstić information content (AvgIpc) is 2.78. The van der Waals surface area contributed by atoms with E-state index >= 15 is 0 Å². The number of carbonyl (C=O) groups is 1.